The molecule has 3 heterocycles. The Morgan fingerprint density at radius 2 is 1.96 bits per heavy atom. The molecule has 7 heteroatoms. The first kappa shape index (κ1) is 19.0. The lowest BCUT2D eigenvalue weighted by atomic mass is 9.97. The number of nitrogens with zero attached hydrogens (tertiary/aromatic N) is 2. The molecule has 4 rings (SSSR count). The van der Waals surface area contributed by atoms with Gasteiger partial charge in [-0.1, -0.05) is 0 Å². The third-order valence-corrected chi connectivity index (χ3v) is 7.93. The van der Waals surface area contributed by atoms with Crippen molar-refractivity contribution in [3.8, 4) is 0 Å². The lowest BCUT2D eigenvalue weighted by Gasteiger charge is -2.39. The average Bonchev–Trinajstić information content (AvgIpc) is 3.00. The first-order chi connectivity index (χ1) is 13.0. The van der Waals surface area contributed by atoms with Crippen LogP contribution in [0.4, 0.5) is 0 Å². The first-order valence-electron chi connectivity index (χ1n) is 9.97. The van der Waals surface area contributed by atoms with E-state index in [2.05, 4.69) is 18.8 Å². The number of carbonyl (C=O) groups excluding carboxylic acids is 1. The number of piperidine rings is 1. The molecule has 0 saturated carbocycles. The molecular formula is C20H27N3O2S2. The molecule has 2 atom stereocenters. The summed E-state index contributed by atoms with van der Waals surface area (Å²) in [6.45, 7) is 4.29. The molecule has 27 heavy (non-hydrogen) atoms. The monoisotopic (exact) mass is 405 g/mol. The zero-order chi connectivity index (χ0) is 19.0. The summed E-state index contributed by atoms with van der Waals surface area (Å²) in [5.74, 6) is 1.89. The van der Waals surface area contributed by atoms with Gasteiger partial charge in [0, 0.05) is 17.0 Å². The van der Waals surface area contributed by atoms with Gasteiger partial charge in [0.2, 0.25) is 5.91 Å². The number of likely N-dealkylation sites (tertiary alicyclic amines) is 1. The molecule has 2 unspecified atom stereocenters. The number of H-pyrrole nitrogens is 1. The number of fused-ring (bicyclic) bond motifs is 3. The number of hydrogen-bond donors (Lipinski definition) is 1. The van der Waals surface area contributed by atoms with Crippen molar-refractivity contribution < 1.29 is 4.79 Å². The van der Waals surface area contributed by atoms with E-state index in [9.17, 15) is 9.59 Å². The van der Waals surface area contributed by atoms with Crippen LogP contribution in [0.15, 0.2) is 4.79 Å². The number of hydrogen-bond acceptors (Lipinski definition) is 5. The molecule has 2 aliphatic rings. The predicted molar refractivity (Wildman–Crippen MR) is 113 cm³/mol. The molecule has 0 aromatic carbocycles. The highest BCUT2D eigenvalue weighted by Crippen LogP contribution is 2.33. The van der Waals surface area contributed by atoms with Gasteiger partial charge in [0.05, 0.1) is 16.9 Å². The fourth-order valence-electron chi connectivity index (χ4n) is 4.50. The van der Waals surface area contributed by atoms with E-state index in [1.165, 1.54) is 23.3 Å². The number of aryl methyl sites for hydroxylation is 2. The quantitative estimate of drug-likeness (QED) is 0.838. The van der Waals surface area contributed by atoms with E-state index in [1.54, 1.807) is 23.1 Å². The van der Waals surface area contributed by atoms with Crippen LogP contribution < -0.4 is 5.56 Å². The Labute approximate surface area is 167 Å². The molecular weight excluding hydrogens is 378 g/mol. The molecule has 1 saturated heterocycles. The van der Waals surface area contributed by atoms with Gasteiger partial charge in [-0.3, -0.25) is 9.59 Å². The normalized spacial score (nSPS) is 22.8. The molecule has 5 nitrogen and oxygen atoms in total. The van der Waals surface area contributed by atoms with Crippen LogP contribution in [0.5, 0.6) is 0 Å². The third kappa shape index (κ3) is 3.81. The highest BCUT2D eigenvalue weighted by molar-refractivity contribution is 7.99. The van der Waals surface area contributed by atoms with Crippen molar-refractivity contribution in [2.24, 2.45) is 0 Å². The van der Waals surface area contributed by atoms with E-state index in [1.807, 2.05) is 4.90 Å². The molecule has 0 radical (unpaired) electrons. The number of rotatable bonds is 4. The van der Waals surface area contributed by atoms with Crippen LogP contribution in [0.1, 0.15) is 62.2 Å². The number of aromatic nitrogens is 2. The van der Waals surface area contributed by atoms with Crippen molar-refractivity contribution in [1.82, 2.24) is 14.9 Å². The van der Waals surface area contributed by atoms with Crippen LogP contribution in [0.2, 0.25) is 0 Å². The van der Waals surface area contributed by atoms with E-state index >= 15 is 0 Å². The maximum absolute atomic E-state index is 12.6. The van der Waals surface area contributed by atoms with Crippen molar-refractivity contribution in [1.29, 1.82) is 0 Å². The largest absolute Gasteiger partial charge is 0.337 e. The Kier molecular flexibility index (Phi) is 5.60. The fourth-order valence-corrected chi connectivity index (χ4v) is 6.54. The standard InChI is InChI=1S/C20H27N3O2S2/c1-12-6-5-7-13(2)23(12)17(24)11-26-10-16-21-19(25)18-14-8-3-4-9-15(14)27-20(18)22-16/h12-13H,3-11H2,1-2H3,(H,21,22,25). The number of thioether (sulfide) groups is 1. The Bertz CT molecular complexity index is 894. The molecule has 2 aromatic heterocycles. The topological polar surface area (TPSA) is 66.1 Å². The van der Waals surface area contributed by atoms with Crippen molar-refractivity contribution in [2.45, 2.75) is 76.6 Å². The summed E-state index contributed by atoms with van der Waals surface area (Å²) in [4.78, 5) is 37.1. The van der Waals surface area contributed by atoms with Crippen molar-refractivity contribution in [3.05, 3.63) is 26.6 Å². The van der Waals surface area contributed by atoms with Crippen LogP contribution in [0, 0.1) is 0 Å². The number of nitrogens with one attached hydrogen (secondary N) is 1. The number of thiophene rings is 1. The van der Waals surface area contributed by atoms with Gasteiger partial charge in [-0.25, -0.2) is 4.98 Å². The Balaban J connectivity index is 1.43. The van der Waals surface area contributed by atoms with Gasteiger partial charge < -0.3 is 9.88 Å². The second-order valence-corrected chi connectivity index (χ2v) is 9.90. The first-order valence-corrected chi connectivity index (χ1v) is 11.9. The van der Waals surface area contributed by atoms with Gasteiger partial charge >= 0.3 is 0 Å². The highest BCUT2D eigenvalue weighted by atomic mass is 32.2. The summed E-state index contributed by atoms with van der Waals surface area (Å²) in [7, 11) is 0. The summed E-state index contributed by atoms with van der Waals surface area (Å²) in [5.41, 5.74) is 1.21. The minimum Gasteiger partial charge on any atom is -0.337 e. The van der Waals surface area contributed by atoms with E-state index in [0.717, 1.165) is 42.3 Å². The Morgan fingerprint density at radius 1 is 1.22 bits per heavy atom. The van der Waals surface area contributed by atoms with Gasteiger partial charge in [-0.15, -0.1) is 23.1 Å². The van der Waals surface area contributed by atoms with Crippen LogP contribution in [0.25, 0.3) is 10.2 Å². The summed E-state index contributed by atoms with van der Waals surface area (Å²) >= 11 is 3.22. The minimum atomic E-state index is -0.0143. The fraction of sp³-hybridized carbons (Fsp3) is 0.650. The van der Waals surface area contributed by atoms with Crippen LogP contribution in [-0.2, 0) is 23.4 Å². The number of aromatic amines is 1. The summed E-state index contributed by atoms with van der Waals surface area (Å²) in [6.07, 6.45) is 7.82. The van der Waals surface area contributed by atoms with Gasteiger partial charge in [0.1, 0.15) is 10.7 Å². The zero-order valence-electron chi connectivity index (χ0n) is 16.0. The molecule has 1 N–H and O–H groups in total. The van der Waals surface area contributed by atoms with E-state index < -0.39 is 0 Å². The second kappa shape index (κ2) is 7.95. The molecule has 1 fully saturated rings. The van der Waals surface area contributed by atoms with Crippen LogP contribution in [0.3, 0.4) is 0 Å². The van der Waals surface area contributed by atoms with Crippen molar-refractivity contribution in [2.75, 3.05) is 5.75 Å². The molecule has 1 aliphatic heterocycles. The molecule has 0 bridgehead atoms. The zero-order valence-corrected chi connectivity index (χ0v) is 17.7. The lowest BCUT2D eigenvalue weighted by molar-refractivity contribution is -0.134. The van der Waals surface area contributed by atoms with Crippen molar-refractivity contribution >= 4 is 39.2 Å². The maximum Gasteiger partial charge on any atom is 0.259 e. The Hall–Kier alpha value is -1.34. The molecule has 0 spiro atoms. The molecule has 2 aromatic rings. The predicted octanol–water partition coefficient (Wildman–Crippen LogP) is 3.89. The third-order valence-electron chi connectivity index (χ3n) is 5.82. The number of carbonyl (C=O) groups is 1. The van der Waals surface area contributed by atoms with E-state index in [-0.39, 0.29) is 11.5 Å². The van der Waals surface area contributed by atoms with Gasteiger partial charge in [-0.2, -0.15) is 0 Å². The van der Waals surface area contributed by atoms with E-state index in [0.29, 0.717) is 29.4 Å². The van der Waals surface area contributed by atoms with Crippen molar-refractivity contribution in [3.63, 3.8) is 0 Å². The maximum atomic E-state index is 12.6. The number of amides is 1. The molecule has 146 valence electrons. The Morgan fingerprint density at radius 3 is 2.74 bits per heavy atom. The second-order valence-electron chi connectivity index (χ2n) is 7.83. The van der Waals surface area contributed by atoms with Gasteiger partial charge in [0.25, 0.3) is 5.56 Å². The highest BCUT2D eigenvalue weighted by Gasteiger charge is 2.28. The smallest absolute Gasteiger partial charge is 0.259 e. The SMILES string of the molecule is CC1CCCC(C)N1C(=O)CSCc1nc2sc3c(c2c(=O)[nH]1)CCCC3. The van der Waals surface area contributed by atoms with Gasteiger partial charge in [0.15, 0.2) is 0 Å². The molecule has 1 amide bonds. The van der Waals surface area contributed by atoms with E-state index in [4.69, 9.17) is 4.98 Å². The summed E-state index contributed by atoms with van der Waals surface area (Å²) < 4.78 is 0. The minimum absolute atomic E-state index is 0.0143. The molecule has 1 aliphatic carbocycles. The van der Waals surface area contributed by atoms with Gasteiger partial charge in [-0.05, 0) is 64.4 Å². The summed E-state index contributed by atoms with van der Waals surface area (Å²) in [6, 6.07) is 0.655. The van der Waals surface area contributed by atoms with Crippen LogP contribution >= 0.6 is 23.1 Å². The summed E-state index contributed by atoms with van der Waals surface area (Å²) in [5, 5.41) is 0.801. The lowest BCUT2D eigenvalue weighted by Crippen LogP contribution is -2.48. The average molecular weight is 406 g/mol. The van der Waals surface area contributed by atoms with Crippen LogP contribution in [-0.4, -0.2) is 38.6 Å².